The molecule has 0 spiro atoms. The molecule has 1 aromatic rings. The Morgan fingerprint density at radius 3 is 2.95 bits per heavy atom. The van der Waals surface area contributed by atoms with Crippen LogP contribution in [0.3, 0.4) is 0 Å². The lowest BCUT2D eigenvalue weighted by atomic mass is 10.0. The van der Waals surface area contributed by atoms with Gasteiger partial charge >= 0.3 is 0 Å². The van der Waals surface area contributed by atoms with Gasteiger partial charge in [-0.05, 0) is 19.4 Å². The molecule has 2 rings (SSSR count). The van der Waals surface area contributed by atoms with Gasteiger partial charge in [0.05, 0.1) is 22.6 Å². The molecule has 1 aliphatic heterocycles. The van der Waals surface area contributed by atoms with E-state index in [9.17, 15) is 14.5 Å². The van der Waals surface area contributed by atoms with Crippen molar-refractivity contribution < 1.29 is 14.1 Å². The molecule has 5 nitrogen and oxygen atoms in total. The number of hydrogen-bond acceptors (Lipinski definition) is 4. The molecule has 19 heavy (non-hydrogen) atoms. The lowest BCUT2D eigenvalue weighted by molar-refractivity contribution is -0.384. The minimum atomic E-state index is -0.796. The van der Waals surface area contributed by atoms with Crippen LogP contribution >= 0.6 is 11.6 Å². The van der Waals surface area contributed by atoms with Crippen molar-refractivity contribution in [1.82, 2.24) is 0 Å². The van der Waals surface area contributed by atoms with Gasteiger partial charge in [-0.2, -0.15) is 0 Å². The number of rotatable bonds is 4. The largest absolute Gasteiger partial charge is 0.381 e. The highest BCUT2D eigenvalue weighted by molar-refractivity contribution is 6.31. The average Bonchev–Trinajstić information content (AvgIpc) is 2.86. The van der Waals surface area contributed by atoms with Gasteiger partial charge in [0, 0.05) is 18.6 Å². The molecule has 0 aromatic heterocycles. The summed E-state index contributed by atoms with van der Waals surface area (Å²) in [7, 11) is 0. The second-order valence-corrected chi connectivity index (χ2v) is 5.00. The van der Waals surface area contributed by atoms with Crippen LogP contribution in [-0.4, -0.2) is 24.2 Å². The van der Waals surface area contributed by atoms with E-state index in [0.717, 1.165) is 12.5 Å². The fourth-order valence-corrected chi connectivity index (χ4v) is 2.28. The maximum Gasteiger partial charge on any atom is 0.295 e. The smallest absolute Gasteiger partial charge is 0.295 e. The molecule has 1 aromatic carbocycles. The third-order valence-electron chi connectivity index (χ3n) is 3.29. The van der Waals surface area contributed by atoms with Gasteiger partial charge in [-0.25, -0.2) is 4.39 Å². The normalized spacial score (nSPS) is 20.3. The van der Waals surface area contributed by atoms with Crippen molar-refractivity contribution in [2.45, 2.75) is 19.4 Å². The van der Waals surface area contributed by atoms with Gasteiger partial charge in [-0.15, -0.1) is 0 Å². The zero-order chi connectivity index (χ0) is 14.0. The highest BCUT2D eigenvalue weighted by Crippen LogP contribution is 2.32. The van der Waals surface area contributed by atoms with E-state index in [-0.39, 0.29) is 28.4 Å². The first kappa shape index (κ1) is 14.0. The second kappa shape index (κ2) is 5.71. The van der Waals surface area contributed by atoms with Crippen LogP contribution in [0.1, 0.15) is 13.3 Å². The number of benzene rings is 1. The van der Waals surface area contributed by atoms with Crippen molar-refractivity contribution in [3.05, 3.63) is 33.1 Å². The van der Waals surface area contributed by atoms with E-state index in [4.69, 9.17) is 16.3 Å². The Bertz CT molecular complexity index is 492. The van der Waals surface area contributed by atoms with Gasteiger partial charge < -0.3 is 10.1 Å². The third kappa shape index (κ3) is 3.13. The third-order valence-corrected chi connectivity index (χ3v) is 3.58. The summed E-state index contributed by atoms with van der Waals surface area (Å²) in [5.74, 6) is -0.515. The molecule has 2 atom stereocenters. The maximum atomic E-state index is 13.3. The van der Waals surface area contributed by atoms with Crippen LogP contribution in [0.4, 0.5) is 15.8 Å². The highest BCUT2D eigenvalue weighted by atomic mass is 35.5. The predicted molar refractivity (Wildman–Crippen MR) is 70.1 cm³/mol. The van der Waals surface area contributed by atoms with Gasteiger partial charge in [0.2, 0.25) is 0 Å². The van der Waals surface area contributed by atoms with E-state index in [1.54, 1.807) is 0 Å². The van der Waals surface area contributed by atoms with Crippen LogP contribution in [0.2, 0.25) is 5.02 Å². The van der Waals surface area contributed by atoms with Crippen LogP contribution in [-0.2, 0) is 4.74 Å². The monoisotopic (exact) mass is 288 g/mol. The summed E-state index contributed by atoms with van der Waals surface area (Å²) in [5, 5.41) is 13.8. The summed E-state index contributed by atoms with van der Waals surface area (Å²) < 4.78 is 18.6. The molecule has 1 fully saturated rings. The molecular formula is C12H14ClFN2O3. The lowest BCUT2D eigenvalue weighted by Crippen LogP contribution is -2.26. The number of anilines is 1. The summed E-state index contributed by atoms with van der Waals surface area (Å²) in [6.45, 7) is 3.24. The van der Waals surface area contributed by atoms with E-state index in [2.05, 4.69) is 5.32 Å². The molecule has 0 saturated carbocycles. The molecule has 104 valence electrons. The summed E-state index contributed by atoms with van der Waals surface area (Å²) in [5.41, 5.74) is -0.0801. The van der Waals surface area contributed by atoms with E-state index >= 15 is 0 Å². The number of nitrogens with one attached hydrogen (secondary N) is 1. The van der Waals surface area contributed by atoms with Crippen molar-refractivity contribution in [3.8, 4) is 0 Å². The quantitative estimate of drug-likeness (QED) is 0.682. The van der Waals surface area contributed by atoms with E-state index in [1.807, 2.05) is 6.92 Å². The van der Waals surface area contributed by atoms with Crippen LogP contribution < -0.4 is 5.32 Å². The Kier molecular flexibility index (Phi) is 4.21. The fraction of sp³-hybridized carbons (Fsp3) is 0.500. The van der Waals surface area contributed by atoms with Gasteiger partial charge in [-0.3, -0.25) is 10.1 Å². The van der Waals surface area contributed by atoms with E-state index in [1.165, 1.54) is 6.07 Å². The summed E-state index contributed by atoms with van der Waals surface area (Å²) >= 11 is 5.67. The summed E-state index contributed by atoms with van der Waals surface area (Å²) in [6.07, 6.45) is 0.900. The first-order valence-electron chi connectivity index (χ1n) is 5.96. The number of nitro benzene ring substituents is 1. The number of nitrogens with zero attached hydrogens (tertiary/aromatic N) is 1. The van der Waals surface area contributed by atoms with Crippen molar-refractivity contribution in [3.63, 3.8) is 0 Å². The number of hydrogen-bond donors (Lipinski definition) is 1. The van der Waals surface area contributed by atoms with Crippen molar-refractivity contribution in [2.24, 2.45) is 5.92 Å². The molecule has 0 radical (unpaired) electrons. The Balaban J connectivity index is 2.22. The van der Waals surface area contributed by atoms with Crippen LogP contribution in [0.5, 0.6) is 0 Å². The second-order valence-electron chi connectivity index (χ2n) is 4.60. The van der Waals surface area contributed by atoms with Crippen molar-refractivity contribution in [2.75, 3.05) is 18.5 Å². The molecule has 0 amide bonds. The molecule has 1 saturated heterocycles. The highest BCUT2D eigenvalue weighted by Gasteiger charge is 2.25. The minimum absolute atomic E-state index is 0.0114. The van der Waals surface area contributed by atoms with Gasteiger partial charge in [0.15, 0.2) is 0 Å². The lowest BCUT2D eigenvalue weighted by Gasteiger charge is -2.20. The Morgan fingerprint density at radius 1 is 1.63 bits per heavy atom. The predicted octanol–water partition coefficient (Wildman–Crippen LogP) is 3.22. The van der Waals surface area contributed by atoms with Crippen LogP contribution in [0.15, 0.2) is 12.1 Å². The minimum Gasteiger partial charge on any atom is -0.381 e. The molecule has 0 bridgehead atoms. The Hall–Kier alpha value is -1.40. The zero-order valence-corrected chi connectivity index (χ0v) is 11.1. The van der Waals surface area contributed by atoms with E-state index < -0.39 is 10.7 Å². The Labute approximate surface area is 114 Å². The SMILES string of the molecule is CC(Nc1cc(Cl)c(F)cc1[N+](=O)[O-])C1CCOC1. The van der Waals surface area contributed by atoms with Crippen molar-refractivity contribution in [1.29, 1.82) is 0 Å². The number of nitro groups is 1. The summed E-state index contributed by atoms with van der Waals surface area (Å²) in [4.78, 5) is 10.3. The maximum absolute atomic E-state index is 13.3. The number of halogens is 2. The van der Waals surface area contributed by atoms with Crippen molar-refractivity contribution >= 4 is 23.0 Å². The number of ether oxygens (including phenoxy) is 1. The fourth-order valence-electron chi connectivity index (χ4n) is 2.11. The van der Waals surface area contributed by atoms with E-state index in [0.29, 0.717) is 13.2 Å². The average molecular weight is 289 g/mol. The first-order chi connectivity index (χ1) is 8.99. The molecule has 1 aliphatic rings. The van der Waals surface area contributed by atoms with Gasteiger partial charge in [0.1, 0.15) is 11.5 Å². The standard InChI is InChI=1S/C12H14ClFN2O3/c1-7(8-2-3-19-6-8)15-11-4-9(13)10(14)5-12(11)16(17)18/h4-5,7-8,15H,2-3,6H2,1H3. The zero-order valence-electron chi connectivity index (χ0n) is 10.4. The molecule has 0 aliphatic carbocycles. The summed E-state index contributed by atoms with van der Waals surface area (Å²) in [6, 6.07) is 2.08. The van der Waals surface area contributed by atoms with Gasteiger partial charge in [0.25, 0.3) is 5.69 Å². The van der Waals surface area contributed by atoms with Crippen LogP contribution in [0, 0.1) is 21.8 Å². The topological polar surface area (TPSA) is 64.4 Å². The first-order valence-corrected chi connectivity index (χ1v) is 6.34. The van der Waals surface area contributed by atoms with Crippen LogP contribution in [0.25, 0.3) is 0 Å². The molecule has 2 unspecified atom stereocenters. The molecule has 1 N–H and O–H groups in total. The molecule has 7 heteroatoms. The van der Waals surface area contributed by atoms with Gasteiger partial charge in [-0.1, -0.05) is 11.6 Å². The Morgan fingerprint density at radius 2 is 2.37 bits per heavy atom. The molecule has 1 heterocycles. The molecular weight excluding hydrogens is 275 g/mol.